The van der Waals surface area contributed by atoms with E-state index in [1.807, 2.05) is 0 Å². The Morgan fingerprint density at radius 3 is 2.69 bits per heavy atom. The van der Waals surface area contributed by atoms with Gasteiger partial charge in [0.2, 0.25) is 0 Å². The zero-order chi connectivity index (χ0) is 11.4. The SMILES string of the molecule is Fc1ccc(OCC2CCNCC2)c(F)c1. The lowest BCUT2D eigenvalue weighted by molar-refractivity contribution is 0.208. The van der Waals surface area contributed by atoms with Gasteiger partial charge in [0.05, 0.1) is 6.61 Å². The van der Waals surface area contributed by atoms with Crippen molar-refractivity contribution in [2.45, 2.75) is 12.8 Å². The molecule has 0 bridgehead atoms. The van der Waals surface area contributed by atoms with Crippen molar-refractivity contribution in [1.29, 1.82) is 0 Å². The summed E-state index contributed by atoms with van der Waals surface area (Å²) < 4.78 is 31.2. The molecule has 1 aromatic rings. The van der Waals surface area contributed by atoms with E-state index in [9.17, 15) is 8.78 Å². The van der Waals surface area contributed by atoms with Crippen LogP contribution < -0.4 is 10.1 Å². The summed E-state index contributed by atoms with van der Waals surface area (Å²) in [5, 5.41) is 3.25. The first-order chi connectivity index (χ1) is 7.75. The number of rotatable bonds is 3. The maximum absolute atomic E-state index is 13.2. The normalized spacial score (nSPS) is 17.4. The first kappa shape index (κ1) is 11.3. The average Bonchev–Trinajstić information content (AvgIpc) is 2.29. The van der Waals surface area contributed by atoms with Crippen LogP contribution in [0.3, 0.4) is 0 Å². The van der Waals surface area contributed by atoms with Gasteiger partial charge in [0, 0.05) is 6.07 Å². The third-order valence-electron chi connectivity index (χ3n) is 2.83. The number of benzene rings is 1. The van der Waals surface area contributed by atoms with Crippen molar-refractivity contribution >= 4 is 0 Å². The van der Waals surface area contributed by atoms with Crippen LogP contribution in [0.15, 0.2) is 18.2 Å². The summed E-state index contributed by atoms with van der Waals surface area (Å²) in [7, 11) is 0. The quantitative estimate of drug-likeness (QED) is 0.855. The van der Waals surface area contributed by atoms with Crippen molar-refractivity contribution in [3.63, 3.8) is 0 Å². The smallest absolute Gasteiger partial charge is 0.167 e. The van der Waals surface area contributed by atoms with Crippen molar-refractivity contribution in [2.24, 2.45) is 5.92 Å². The maximum Gasteiger partial charge on any atom is 0.167 e. The van der Waals surface area contributed by atoms with Gasteiger partial charge in [0.15, 0.2) is 11.6 Å². The van der Waals surface area contributed by atoms with Gasteiger partial charge in [-0.15, -0.1) is 0 Å². The van der Waals surface area contributed by atoms with Crippen LogP contribution in [0.5, 0.6) is 5.75 Å². The second-order valence-electron chi connectivity index (χ2n) is 4.08. The Hall–Kier alpha value is -1.16. The largest absolute Gasteiger partial charge is 0.490 e. The summed E-state index contributed by atoms with van der Waals surface area (Å²) in [6.45, 7) is 2.48. The third-order valence-corrected chi connectivity index (χ3v) is 2.83. The lowest BCUT2D eigenvalue weighted by atomic mass is 9.99. The molecule has 16 heavy (non-hydrogen) atoms. The molecule has 0 aromatic heterocycles. The van der Waals surface area contributed by atoms with E-state index in [1.165, 1.54) is 12.1 Å². The van der Waals surface area contributed by atoms with Crippen molar-refractivity contribution in [1.82, 2.24) is 5.32 Å². The minimum Gasteiger partial charge on any atom is -0.490 e. The zero-order valence-electron chi connectivity index (χ0n) is 9.01. The van der Waals surface area contributed by atoms with Crippen LogP contribution in [0.25, 0.3) is 0 Å². The fraction of sp³-hybridized carbons (Fsp3) is 0.500. The van der Waals surface area contributed by atoms with Crippen LogP contribution in [0.4, 0.5) is 8.78 Å². The van der Waals surface area contributed by atoms with E-state index >= 15 is 0 Å². The van der Waals surface area contributed by atoms with E-state index in [4.69, 9.17) is 4.74 Å². The molecular weight excluding hydrogens is 212 g/mol. The number of piperidine rings is 1. The standard InChI is InChI=1S/C12H15F2NO/c13-10-1-2-12(11(14)7-10)16-8-9-3-5-15-6-4-9/h1-2,7,9,15H,3-6,8H2. The molecule has 88 valence electrons. The van der Waals surface area contributed by atoms with E-state index in [-0.39, 0.29) is 5.75 Å². The Morgan fingerprint density at radius 1 is 1.25 bits per heavy atom. The van der Waals surface area contributed by atoms with Gasteiger partial charge in [-0.2, -0.15) is 0 Å². The van der Waals surface area contributed by atoms with Crippen molar-refractivity contribution in [2.75, 3.05) is 19.7 Å². The van der Waals surface area contributed by atoms with E-state index in [1.54, 1.807) is 0 Å². The highest BCUT2D eigenvalue weighted by Crippen LogP contribution is 2.20. The molecular formula is C12H15F2NO. The molecule has 2 rings (SSSR count). The van der Waals surface area contributed by atoms with Gasteiger partial charge in [0.25, 0.3) is 0 Å². The molecule has 0 atom stereocenters. The van der Waals surface area contributed by atoms with Gasteiger partial charge in [-0.25, -0.2) is 8.78 Å². The van der Waals surface area contributed by atoms with Gasteiger partial charge < -0.3 is 10.1 Å². The molecule has 1 aliphatic heterocycles. The fourth-order valence-electron chi connectivity index (χ4n) is 1.85. The van der Waals surface area contributed by atoms with Crippen molar-refractivity contribution in [3.05, 3.63) is 29.8 Å². The molecule has 2 nitrogen and oxygen atoms in total. The molecule has 1 heterocycles. The minimum absolute atomic E-state index is 0.139. The lowest BCUT2D eigenvalue weighted by Crippen LogP contribution is -2.30. The summed E-state index contributed by atoms with van der Waals surface area (Å²) in [5.74, 6) is -0.605. The second kappa shape index (κ2) is 5.25. The highest BCUT2D eigenvalue weighted by molar-refractivity contribution is 5.24. The third kappa shape index (κ3) is 2.92. The molecule has 0 spiro atoms. The molecule has 0 amide bonds. The Labute approximate surface area is 93.6 Å². The summed E-state index contributed by atoms with van der Waals surface area (Å²) in [4.78, 5) is 0. The zero-order valence-corrected chi connectivity index (χ0v) is 9.01. The molecule has 0 saturated carbocycles. The molecule has 1 fully saturated rings. The molecule has 1 saturated heterocycles. The van der Waals surface area contributed by atoms with Crippen LogP contribution in [-0.2, 0) is 0 Å². The molecule has 1 aromatic carbocycles. The Kier molecular flexibility index (Phi) is 3.72. The first-order valence-corrected chi connectivity index (χ1v) is 5.54. The Morgan fingerprint density at radius 2 is 2.00 bits per heavy atom. The Bertz CT molecular complexity index is 351. The van der Waals surface area contributed by atoms with E-state index < -0.39 is 11.6 Å². The van der Waals surface area contributed by atoms with Gasteiger partial charge in [0.1, 0.15) is 5.82 Å². The molecule has 0 unspecified atom stereocenters. The number of nitrogens with one attached hydrogen (secondary N) is 1. The van der Waals surface area contributed by atoms with Gasteiger partial charge in [-0.1, -0.05) is 0 Å². The van der Waals surface area contributed by atoms with E-state index in [0.29, 0.717) is 12.5 Å². The summed E-state index contributed by atoms with van der Waals surface area (Å²) in [6.07, 6.45) is 2.09. The molecule has 4 heteroatoms. The average molecular weight is 227 g/mol. The summed E-state index contributed by atoms with van der Waals surface area (Å²) in [6, 6.07) is 3.39. The molecule has 1 aliphatic rings. The van der Waals surface area contributed by atoms with Crippen LogP contribution in [-0.4, -0.2) is 19.7 Å². The molecule has 1 N–H and O–H groups in total. The predicted molar refractivity (Wildman–Crippen MR) is 57.4 cm³/mol. The Balaban J connectivity index is 1.88. The predicted octanol–water partition coefficient (Wildman–Crippen LogP) is 2.34. The van der Waals surface area contributed by atoms with Gasteiger partial charge in [-0.3, -0.25) is 0 Å². The number of hydrogen-bond acceptors (Lipinski definition) is 2. The van der Waals surface area contributed by atoms with Crippen LogP contribution in [0, 0.1) is 17.6 Å². The van der Waals surface area contributed by atoms with Crippen molar-refractivity contribution in [3.8, 4) is 5.75 Å². The van der Waals surface area contributed by atoms with Gasteiger partial charge >= 0.3 is 0 Å². The summed E-state index contributed by atoms with van der Waals surface area (Å²) >= 11 is 0. The lowest BCUT2D eigenvalue weighted by Gasteiger charge is -2.22. The fourth-order valence-corrected chi connectivity index (χ4v) is 1.85. The van der Waals surface area contributed by atoms with E-state index in [2.05, 4.69) is 5.32 Å². The van der Waals surface area contributed by atoms with Crippen LogP contribution in [0.1, 0.15) is 12.8 Å². The maximum atomic E-state index is 13.2. The minimum atomic E-state index is -0.631. The first-order valence-electron chi connectivity index (χ1n) is 5.54. The van der Waals surface area contributed by atoms with Gasteiger partial charge in [-0.05, 0) is 44.0 Å². The van der Waals surface area contributed by atoms with Crippen LogP contribution >= 0.6 is 0 Å². The second-order valence-corrected chi connectivity index (χ2v) is 4.08. The number of hydrogen-bond donors (Lipinski definition) is 1. The highest BCUT2D eigenvalue weighted by atomic mass is 19.1. The van der Waals surface area contributed by atoms with Crippen molar-refractivity contribution < 1.29 is 13.5 Å². The highest BCUT2D eigenvalue weighted by Gasteiger charge is 2.14. The molecule has 0 aliphatic carbocycles. The van der Waals surface area contributed by atoms with Crippen LogP contribution in [0.2, 0.25) is 0 Å². The summed E-state index contributed by atoms with van der Waals surface area (Å²) in [5.41, 5.74) is 0. The van der Waals surface area contributed by atoms with E-state index in [0.717, 1.165) is 32.0 Å². The monoisotopic (exact) mass is 227 g/mol. The topological polar surface area (TPSA) is 21.3 Å². The molecule has 0 radical (unpaired) electrons. The number of ether oxygens (including phenoxy) is 1. The number of halogens is 2.